The van der Waals surface area contributed by atoms with E-state index in [-0.39, 0.29) is 5.91 Å². The maximum atomic E-state index is 12.8. The Morgan fingerprint density at radius 1 is 1.07 bits per heavy atom. The molecule has 4 rings (SSSR count). The Morgan fingerprint density at radius 3 is 2.74 bits per heavy atom. The summed E-state index contributed by atoms with van der Waals surface area (Å²) in [5.41, 5.74) is 4.57. The number of benzene rings is 2. The molecule has 0 aliphatic rings. The number of carbonyl (C=O) groups excluding carboxylic acids is 1. The van der Waals surface area contributed by atoms with Crippen LogP contribution >= 0.6 is 11.8 Å². The zero-order valence-electron chi connectivity index (χ0n) is 15.0. The van der Waals surface area contributed by atoms with Gasteiger partial charge < -0.3 is 4.98 Å². The molecule has 0 bridgehead atoms. The number of aromatic amines is 1. The van der Waals surface area contributed by atoms with Gasteiger partial charge in [-0.15, -0.1) is 0 Å². The first kappa shape index (κ1) is 17.3. The van der Waals surface area contributed by atoms with Crippen LogP contribution in [-0.2, 0) is 0 Å². The quantitative estimate of drug-likeness (QED) is 0.529. The molecule has 27 heavy (non-hydrogen) atoms. The van der Waals surface area contributed by atoms with Gasteiger partial charge in [0.05, 0.1) is 16.6 Å². The number of hydrogen-bond donors (Lipinski definition) is 2. The molecule has 2 heterocycles. The van der Waals surface area contributed by atoms with E-state index in [1.165, 1.54) is 17.3 Å². The molecule has 0 aliphatic carbocycles. The Kier molecular flexibility index (Phi) is 4.64. The summed E-state index contributed by atoms with van der Waals surface area (Å²) >= 11 is 1.49. The van der Waals surface area contributed by atoms with Crippen LogP contribution in [0.25, 0.3) is 11.0 Å². The number of H-pyrrole nitrogens is 1. The molecule has 5 nitrogen and oxygen atoms in total. The number of nitrogens with zero attached hydrogens (tertiary/aromatic N) is 2. The lowest BCUT2D eigenvalue weighted by atomic mass is 10.2. The molecule has 2 aromatic carbocycles. The van der Waals surface area contributed by atoms with Gasteiger partial charge in [-0.05, 0) is 49.7 Å². The summed E-state index contributed by atoms with van der Waals surface area (Å²) < 4.78 is 0. The number of hydrogen-bond acceptors (Lipinski definition) is 4. The highest BCUT2D eigenvalue weighted by Gasteiger charge is 2.16. The van der Waals surface area contributed by atoms with E-state index in [0.29, 0.717) is 16.5 Å². The minimum absolute atomic E-state index is 0.241. The van der Waals surface area contributed by atoms with E-state index >= 15 is 0 Å². The number of carbonyl (C=O) groups is 1. The van der Waals surface area contributed by atoms with E-state index in [9.17, 15) is 4.79 Å². The summed E-state index contributed by atoms with van der Waals surface area (Å²) in [6, 6.07) is 17.4. The Balaban J connectivity index is 1.60. The van der Waals surface area contributed by atoms with E-state index in [2.05, 4.69) is 52.3 Å². The molecule has 0 unspecified atom stereocenters. The van der Waals surface area contributed by atoms with Crippen molar-refractivity contribution in [3.8, 4) is 0 Å². The van der Waals surface area contributed by atoms with Crippen LogP contribution < -0.4 is 5.32 Å². The molecule has 2 N–H and O–H groups in total. The molecule has 0 atom stereocenters. The molecule has 0 spiro atoms. The van der Waals surface area contributed by atoms with E-state index in [4.69, 9.17) is 0 Å². The predicted octanol–water partition coefficient (Wildman–Crippen LogP) is 4.98. The molecule has 134 valence electrons. The van der Waals surface area contributed by atoms with Crippen LogP contribution in [0, 0.1) is 13.8 Å². The minimum Gasteiger partial charge on any atom is -0.324 e. The van der Waals surface area contributed by atoms with Crippen molar-refractivity contribution < 1.29 is 4.79 Å². The lowest BCUT2D eigenvalue weighted by molar-refractivity contribution is 0.102. The average molecular weight is 374 g/mol. The average Bonchev–Trinajstić information content (AvgIpc) is 3.06. The first-order valence-corrected chi connectivity index (χ1v) is 9.38. The molecule has 0 saturated heterocycles. The molecule has 4 aromatic rings. The first-order chi connectivity index (χ1) is 13.1. The third-order valence-electron chi connectivity index (χ3n) is 4.17. The summed E-state index contributed by atoms with van der Waals surface area (Å²) in [4.78, 5) is 25.8. The number of imidazole rings is 1. The number of amides is 1. The SMILES string of the molecule is Cc1ccc(Sc2ncccc2C(=O)Nc2nc3ccccc3[nH]2)c(C)c1. The normalized spacial score (nSPS) is 10.9. The van der Waals surface area contributed by atoms with Crippen LogP contribution in [0.1, 0.15) is 21.5 Å². The highest BCUT2D eigenvalue weighted by Crippen LogP contribution is 2.31. The molecular weight excluding hydrogens is 356 g/mol. The fraction of sp³-hybridized carbons (Fsp3) is 0.0952. The second-order valence-electron chi connectivity index (χ2n) is 6.28. The second-order valence-corrected chi connectivity index (χ2v) is 7.31. The van der Waals surface area contributed by atoms with Crippen molar-refractivity contribution in [3.63, 3.8) is 0 Å². The summed E-state index contributed by atoms with van der Waals surface area (Å²) in [6.45, 7) is 4.13. The maximum Gasteiger partial charge on any atom is 0.260 e. The Morgan fingerprint density at radius 2 is 1.93 bits per heavy atom. The van der Waals surface area contributed by atoms with Crippen molar-refractivity contribution in [1.82, 2.24) is 15.0 Å². The van der Waals surface area contributed by atoms with Crippen LogP contribution in [0.15, 0.2) is 70.7 Å². The molecule has 2 aromatic heterocycles. The highest BCUT2D eigenvalue weighted by molar-refractivity contribution is 7.99. The third-order valence-corrected chi connectivity index (χ3v) is 5.37. The number of nitrogens with one attached hydrogen (secondary N) is 2. The fourth-order valence-corrected chi connectivity index (χ4v) is 3.80. The smallest absolute Gasteiger partial charge is 0.260 e. The van der Waals surface area contributed by atoms with Crippen LogP contribution in [-0.4, -0.2) is 20.9 Å². The number of anilines is 1. The molecule has 0 radical (unpaired) electrons. The number of fused-ring (bicyclic) bond motifs is 1. The van der Waals surface area contributed by atoms with Gasteiger partial charge in [-0.1, -0.05) is 41.6 Å². The van der Waals surface area contributed by atoms with Gasteiger partial charge in [0.1, 0.15) is 5.03 Å². The maximum absolute atomic E-state index is 12.8. The van der Waals surface area contributed by atoms with Gasteiger partial charge in [0, 0.05) is 11.1 Å². The number of aromatic nitrogens is 3. The van der Waals surface area contributed by atoms with Crippen molar-refractivity contribution >= 4 is 34.7 Å². The Hall–Kier alpha value is -3.12. The summed E-state index contributed by atoms with van der Waals surface area (Å²) in [6.07, 6.45) is 1.70. The van der Waals surface area contributed by atoms with E-state index in [1.54, 1.807) is 18.3 Å². The van der Waals surface area contributed by atoms with Gasteiger partial charge in [0.2, 0.25) is 5.95 Å². The van der Waals surface area contributed by atoms with Crippen molar-refractivity contribution in [3.05, 3.63) is 77.5 Å². The molecule has 0 aliphatic heterocycles. The standard InChI is InChI=1S/C21H18N4OS/c1-13-9-10-18(14(2)12-13)27-20-15(6-5-11-22-20)19(26)25-21-23-16-7-3-4-8-17(16)24-21/h3-12H,1-2H3,(H2,23,24,25,26). The molecule has 0 fully saturated rings. The fourth-order valence-electron chi connectivity index (χ4n) is 2.85. The monoisotopic (exact) mass is 374 g/mol. The number of para-hydroxylation sites is 2. The first-order valence-electron chi connectivity index (χ1n) is 8.56. The number of rotatable bonds is 4. The van der Waals surface area contributed by atoms with Crippen molar-refractivity contribution in [2.24, 2.45) is 0 Å². The summed E-state index contributed by atoms with van der Waals surface area (Å²) in [5.74, 6) is 0.182. The number of pyridine rings is 1. The van der Waals surface area contributed by atoms with E-state index < -0.39 is 0 Å². The van der Waals surface area contributed by atoms with Crippen LogP contribution in [0.2, 0.25) is 0 Å². The Bertz CT molecular complexity index is 1100. The van der Waals surface area contributed by atoms with E-state index in [0.717, 1.165) is 21.5 Å². The molecule has 0 saturated carbocycles. The van der Waals surface area contributed by atoms with Gasteiger partial charge in [-0.2, -0.15) is 0 Å². The third kappa shape index (κ3) is 3.71. The lowest BCUT2D eigenvalue weighted by Gasteiger charge is -2.10. The van der Waals surface area contributed by atoms with E-state index in [1.807, 2.05) is 24.3 Å². The number of aryl methyl sites for hydroxylation is 2. The van der Waals surface area contributed by atoms with Crippen molar-refractivity contribution in [2.45, 2.75) is 23.8 Å². The van der Waals surface area contributed by atoms with Gasteiger partial charge in [0.25, 0.3) is 5.91 Å². The van der Waals surface area contributed by atoms with Gasteiger partial charge >= 0.3 is 0 Å². The van der Waals surface area contributed by atoms with Gasteiger partial charge in [0.15, 0.2) is 0 Å². The topological polar surface area (TPSA) is 70.7 Å². The second kappa shape index (κ2) is 7.25. The zero-order valence-corrected chi connectivity index (χ0v) is 15.8. The predicted molar refractivity (Wildman–Crippen MR) is 108 cm³/mol. The van der Waals surface area contributed by atoms with Crippen molar-refractivity contribution in [2.75, 3.05) is 5.32 Å². The molecular formula is C21H18N4OS. The molecule has 6 heteroatoms. The van der Waals surface area contributed by atoms with Crippen LogP contribution in [0.3, 0.4) is 0 Å². The van der Waals surface area contributed by atoms with Gasteiger partial charge in [-0.3, -0.25) is 10.1 Å². The van der Waals surface area contributed by atoms with Crippen molar-refractivity contribution in [1.29, 1.82) is 0 Å². The summed E-state index contributed by atoms with van der Waals surface area (Å²) in [7, 11) is 0. The summed E-state index contributed by atoms with van der Waals surface area (Å²) in [5, 5.41) is 3.50. The largest absolute Gasteiger partial charge is 0.324 e. The van der Waals surface area contributed by atoms with Gasteiger partial charge in [-0.25, -0.2) is 9.97 Å². The Labute approximate surface area is 161 Å². The zero-order chi connectivity index (χ0) is 18.8. The van der Waals surface area contributed by atoms with Crippen LogP contribution in [0.5, 0.6) is 0 Å². The molecule has 1 amide bonds. The minimum atomic E-state index is -0.241. The highest BCUT2D eigenvalue weighted by atomic mass is 32.2. The van der Waals surface area contributed by atoms with Crippen LogP contribution in [0.4, 0.5) is 5.95 Å². The lowest BCUT2D eigenvalue weighted by Crippen LogP contribution is -2.14.